The molecule has 3 nitrogen and oxygen atoms in total. The number of aromatic nitrogens is 3. The zero-order chi connectivity index (χ0) is 40.8. The summed E-state index contributed by atoms with van der Waals surface area (Å²) in [6.07, 6.45) is 0. The van der Waals surface area contributed by atoms with E-state index in [1.165, 1.54) is 63.8 Å². The predicted octanol–water partition coefficient (Wildman–Crippen LogP) is 13.9. The molecule has 13 rings (SSSR count). The average molecular weight is 853 g/mol. The van der Waals surface area contributed by atoms with E-state index >= 15 is 0 Å². The van der Waals surface area contributed by atoms with E-state index in [9.17, 15) is 0 Å². The van der Waals surface area contributed by atoms with Gasteiger partial charge >= 0.3 is 355 Å². The van der Waals surface area contributed by atoms with Crippen LogP contribution in [0, 0.1) is 0 Å². The third-order valence-electron chi connectivity index (χ3n) is 12.9. The van der Waals surface area contributed by atoms with Crippen LogP contribution in [0.15, 0.2) is 212 Å². The SMILES string of the molecule is c1ccc(-c2cc(-c3ccccc3)cc(-c3nc(-c4cccc5c4-c4ccccc4C54c5ccccc5-c5ccccc54)nc(-c4cccc5c4[se]c4ccccc45)n3)c2)cc1. The molecule has 0 saturated carbocycles. The Morgan fingerprint density at radius 1 is 0.306 bits per heavy atom. The third-order valence-corrected chi connectivity index (χ3v) is 15.5. The molecule has 2 aliphatic carbocycles. The van der Waals surface area contributed by atoms with Crippen molar-refractivity contribution in [1.29, 1.82) is 0 Å². The Hall–Kier alpha value is -7.49. The van der Waals surface area contributed by atoms with Crippen molar-refractivity contribution in [2.45, 2.75) is 5.41 Å². The Labute approximate surface area is 365 Å². The summed E-state index contributed by atoms with van der Waals surface area (Å²) in [5.74, 6) is 2.01. The number of rotatable bonds is 5. The van der Waals surface area contributed by atoms with E-state index in [-0.39, 0.29) is 14.5 Å². The van der Waals surface area contributed by atoms with Crippen LogP contribution in [-0.2, 0) is 5.41 Å². The summed E-state index contributed by atoms with van der Waals surface area (Å²) in [5.41, 5.74) is 17.2. The molecule has 0 bridgehead atoms. The molecule has 0 radical (unpaired) electrons. The second-order valence-corrected chi connectivity index (χ2v) is 18.4. The number of hydrogen-bond acceptors (Lipinski definition) is 3. The van der Waals surface area contributed by atoms with E-state index in [4.69, 9.17) is 15.0 Å². The van der Waals surface area contributed by atoms with Gasteiger partial charge in [-0.1, -0.05) is 12.1 Å². The standard InChI is InChI=1S/C58H35N3Se/c1-3-17-36(18-4-1)38-33-39(37-19-5-2-6-20-37)35-40(34-38)55-59-56(61-57(60-55)47-27-15-25-44-43-23-10-14-32-52(43)62-54(44)47)46-26-16-31-51-53(46)45-24-9-13-30-50(45)58(51)48-28-11-7-21-41(48)42-22-8-12-29-49(42)58/h1-35H. The summed E-state index contributed by atoms with van der Waals surface area (Å²) in [5, 5.41) is 2.58. The molecule has 0 saturated heterocycles. The molecule has 2 aromatic heterocycles. The molecule has 11 aromatic rings. The number of benzene rings is 9. The minimum absolute atomic E-state index is 0.103. The van der Waals surface area contributed by atoms with Gasteiger partial charge in [0.25, 0.3) is 0 Å². The fraction of sp³-hybridized carbons (Fsp3) is 0.0172. The normalized spacial score (nSPS) is 13.0. The summed E-state index contributed by atoms with van der Waals surface area (Å²) < 4.78 is 2.70. The maximum absolute atomic E-state index is 5.54. The zero-order valence-corrected chi connectivity index (χ0v) is 35.2. The summed E-state index contributed by atoms with van der Waals surface area (Å²) in [4.78, 5) is 16.5. The molecule has 4 heteroatoms. The van der Waals surface area contributed by atoms with Crippen LogP contribution in [0.5, 0.6) is 0 Å². The van der Waals surface area contributed by atoms with Crippen LogP contribution in [0.4, 0.5) is 0 Å². The van der Waals surface area contributed by atoms with Crippen LogP contribution in [0.2, 0.25) is 0 Å². The number of fused-ring (bicyclic) bond motifs is 13. The van der Waals surface area contributed by atoms with Gasteiger partial charge in [0.2, 0.25) is 0 Å². The van der Waals surface area contributed by atoms with Crippen molar-refractivity contribution in [3.8, 4) is 78.7 Å². The molecule has 62 heavy (non-hydrogen) atoms. The van der Waals surface area contributed by atoms with Gasteiger partial charge in [0.15, 0.2) is 0 Å². The van der Waals surface area contributed by atoms with Crippen molar-refractivity contribution in [3.05, 3.63) is 235 Å². The molecular formula is C58H35N3Se. The first-order valence-electron chi connectivity index (χ1n) is 21.1. The number of nitrogens with zero attached hydrogens (tertiary/aromatic N) is 3. The minimum atomic E-state index is -0.475. The van der Waals surface area contributed by atoms with Crippen LogP contribution in [0.1, 0.15) is 22.3 Å². The first-order valence-corrected chi connectivity index (χ1v) is 22.8. The summed E-state index contributed by atoms with van der Waals surface area (Å²) in [6.45, 7) is 0. The molecule has 2 heterocycles. The molecule has 0 unspecified atom stereocenters. The first-order chi connectivity index (χ1) is 30.7. The van der Waals surface area contributed by atoms with Gasteiger partial charge in [-0.3, -0.25) is 0 Å². The molecule has 0 N–H and O–H groups in total. The van der Waals surface area contributed by atoms with E-state index in [2.05, 4.69) is 212 Å². The van der Waals surface area contributed by atoms with Crippen molar-refractivity contribution >= 4 is 33.8 Å². The van der Waals surface area contributed by atoms with Gasteiger partial charge in [-0.15, -0.1) is 0 Å². The van der Waals surface area contributed by atoms with Gasteiger partial charge in [-0.2, -0.15) is 0 Å². The van der Waals surface area contributed by atoms with Crippen molar-refractivity contribution in [3.63, 3.8) is 0 Å². The van der Waals surface area contributed by atoms with Crippen LogP contribution in [0.3, 0.4) is 0 Å². The Balaban J connectivity index is 1.11. The Kier molecular flexibility index (Phi) is 7.84. The quantitative estimate of drug-likeness (QED) is 0.162. The maximum atomic E-state index is 5.54. The van der Waals surface area contributed by atoms with Crippen molar-refractivity contribution in [2.75, 3.05) is 0 Å². The predicted molar refractivity (Wildman–Crippen MR) is 255 cm³/mol. The van der Waals surface area contributed by atoms with Gasteiger partial charge in [0.1, 0.15) is 0 Å². The summed E-state index contributed by atoms with van der Waals surface area (Å²) in [7, 11) is 0. The molecule has 288 valence electrons. The van der Waals surface area contributed by atoms with E-state index in [1.807, 2.05) is 0 Å². The Bertz CT molecular complexity index is 3490. The summed E-state index contributed by atoms with van der Waals surface area (Å²) in [6, 6.07) is 77.0. The fourth-order valence-corrected chi connectivity index (χ4v) is 12.9. The molecule has 0 aliphatic heterocycles. The second-order valence-electron chi connectivity index (χ2n) is 16.2. The molecule has 0 fully saturated rings. The van der Waals surface area contributed by atoms with E-state index in [0.717, 1.165) is 38.9 Å². The van der Waals surface area contributed by atoms with Gasteiger partial charge in [0, 0.05) is 0 Å². The molecule has 1 spiro atoms. The molecule has 0 amide bonds. The molecule has 9 aromatic carbocycles. The summed E-state index contributed by atoms with van der Waals surface area (Å²) >= 11 is 0.103. The first kappa shape index (κ1) is 35.3. The van der Waals surface area contributed by atoms with Crippen LogP contribution in [-0.4, -0.2) is 29.5 Å². The van der Waals surface area contributed by atoms with Gasteiger partial charge in [-0.05, 0) is 0 Å². The van der Waals surface area contributed by atoms with Crippen molar-refractivity contribution < 1.29 is 0 Å². The van der Waals surface area contributed by atoms with Gasteiger partial charge in [-0.25, -0.2) is 0 Å². The van der Waals surface area contributed by atoms with E-state index in [1.54, 1.807) is 0 Å². The second kappa shape index (κ2) is 13.8. The van der Waals surface area contributed by atoms with Crippen molar-refractivity contribution in [1.82, 2.24) is 15.0 Å². The van der Waals surface area contributed by atoms with Crippen LogP contribution < -0.4 is 0 Å². The van der Waals surface area contributed by atoms with Gasteiger partial charge < -0.3 is 0 Å². The Morgan fingerprint density at radius 2 is 0.758 bits per heavy atom. The van der Waals surface area contributed by atoms with E-state index < -0.39 is 5.41 Å². The molecular weight excluding hydrogens is 818 g/mol. The zero-order valence-electron chi connectivity index (χ0n) is 33.5. The Morgan fingerprint density at radius 3 is 1.44 bits per heavy atom. The third kappa shape index (κ3) is 5.15. The molecule has 0 atom stereocenters. The van der Waals surface area contributed by atoms with Crippen LogP contribution in [0.25, 0.3) is 98.0 Å². The topological polar surface area (TPSA) is 38.7 Å². The number of hydrogen-bond donors (Lipinski definition) is 0. The van der Waals surface area contributed by atoms with Crippen molar-refractivity contribution in [2.24, 2.45) is 0 Å². The fourth-order valence-electron chi connectivity index (χ4n) is 10.4. The molecule has 2 aliphatic rings. The monoisotopic (exact) mass is 853 g/mol. The van der Waals surface area contributed by atoms with Crippen LogP contribution >= 0.6 is 0 Å². The van der Waals surface area contributed by atoms with E-state index in [0.29, 0.717) is 17.5 Å². The van der Waals surface area contributed by atoms with Gasteiger partial charge in [0.05, 0.1) is 0 Å². The average Bonchev–Trinajstić information content (AvgIpc) is 3.99.